The highest BCUT2D eigenvalue weighted by molar-refractivity contribution is 8.06. The maximum absolute atomic E-state index is 12.2. The maximum Gasteiger partial charge on any atom is 0.228 e. The normalized spacial score (nSPS) is 29.6. The maximum atomic E-state index is 12.2. The van der Waals surface area contributed by atoms with Crippen LogP contribution in [-0.2, 0) is 19.9 Å². The molecule has 0 bridgehead atoms. The van der Waals surface area contributed by atoms with E-state index in [0.717, 1.165) is 19.1 Å². The van der Waals surface area contributed by atoms with Crippen molar-refractivity contribution in [2.75, 3.05) is 24.9 Å². The number of likely N-dealkylation sites (N-methyl/N-ethyl adjacent to an activating group) is 1. The van der Waals surface area contributed by atoms with Crippen molar-refractivity contribution in [2.45, 2.75) is 38.1 Å². The standard InChI is InChI=1S/C11H24N2O4S2/c1-10-5-4-6-11(7-10,8-12)13(2)19(16,17)9-18(3,14)15/h10H,4-9,12H2,1-3H3. The molecule has 2 N–H and O–H groups in total. The quantitative estimate of drug-likeness (QED) is 0.779. The Bertz CT molecular complexity index is 515. The van der Waals surface area contributed by atoms with Crippen molar-refractivity contribution in [3.05, 3.63) is 0 Å². The first kappa shape index (κ1) is 16.9. The fourth-order valence-electron chi connectivity index (χ4n) is 2.88. The average molecular weight is 312 g/mol. The molecule has 1 rings (SSSR count). The number of rotatable bonds is 5. The zero-order valence-corrected chi connectivity index (χ0v) is 13.4. The molecule has 1 fully saturated rings. The van der Waals surface area contributed by atoms with Crippen LogP contribution >= 0.6 is 0 Å². The van der Waals surface area contributed by atoms with E-state index in [2.05, 4.69) is 6.92 Å². The molecule has 6 nitrogen and oxygen atoms in total. The third-order valence-electron chi connectivity index (χ3n) is 3.90. The fraction of sp³-hybridized carbons (Fsp3) is 1.00. The second-order valence-electron chi connectivity index (χ2n) is 5.75. The van der Waals surface area contributed by atoms with Crippen LogP contribution < -0.4 is 5.73 Å². The summed E-state index contributed by atoms with van der Waals surface area (Å²) in [7, 11) is -5.98. The van der Waals surface area contributed by atoms with Crippen LogP contribution in [0.15, 0.2) is 0 Å². The molecule has 19 heavy (non-hydrogen) atoms. The lowest BCUT2D eigenvalue weighted by Gasteiger charge is -2.45. The van der Waals surface area contributed by atoms with E-state index >= 15 is 0 Å². The first-order valence-corrected chi connectivity index (χ1v) is 10.0. The van der Waals surface area contributed by atoms with Gasteiger partial charge in [0.1, 0.15) is 0 Å². The SMILES string of the molecule is CC1CCCC(CN)(N(C)S(=O)(=O)CS(C)(=O)=O)C1. The molecule has 0 aliphatic heterocycles. The summed E-state index contributed by atoms with van der Waals surface area (Å²) in [6.45, 7) is 2.29. The lowest BCUT2D eigenvalue weighted by Crippen LogP contribution is -2.57. The summed E-state index contributed by atoms with van der Waals surface area (Å²) in [5, 5.41) is -0.855. The zero-order chi connectivity index (χ0) is 14.9. The summed E-state index contributed by atoms with van der Waals surface area (Å²) in [6, 6.07) is 0. The van der Waals surface area contributed by atoms with Crippen molar-refractivity contribution < 1.29 is 16.8 Å². The van der Waals surface area contributed by atoms with Gasteiger partial charge in [-0.1, -0.05) is 19.8 Å². The molecule has 0 saturated heterocycles. The molecule has 0 heterocycles. The minimum Gasteiger partial charge on any atom is -0.329 e. The first-order chi connectivity index (χ1) is 8.52. The molecule has 114 valence electrons. The number of hydrogen-bond donors (Lipinski definition) is 1. The molecule has 2 atom stereocenters. The lowest BCUT2D eigenvalue weighted by atomic mass is 9.76. The van der Waals surface area contributed by atoms with Gasteiger partial charge in [-0.15, -0.1) is 0 Å². The van der Waals surface area contributed by atoms with E-state index in [0.29, 0.717) is 18.8 Å². The van der Waals surface area contributed by atoms with Crippen LogP contribution in [0, 0.1) is 5.92 Å². The van der Waals surface area contributed by atoms with E-state index in [4.69, 9.17) is 5.73 Å². The van der Waals surface area contributed by atoms with Gasteiger partial charge in [-0.3, -0.25) is 0 Å². The predicted octanol–water partition coefficient (Wildman–Crippen LogP) is 0.158. The molecule has 0 aromatic carbocycles. The van der Waals surface area contributed by atoms with E-state index in [1.54, 1.807) is 0 Å². The number of sulfonamides is 1. The van der Waals surface area contributed by atoms with Gasteiger partial charge in [-0.25, -0.2) is 16.8 Å². The van der Waals surface area contributed by atoms with Gasteiger partial charge in [0.25, 0.3) is 0 Å². The number of hydrogen-bond acceptors (Lipinski definition) is 5. The Hall–Kier alpha value is -0.180. The summed E-state index contributed by atoms with van der Waals surface area (Å²) in [5.41, 5.74) is 5.17. The van der Waals surface area contributed by atoms with Gasteiger partial charge in [-0.05, 0) is 18.8 Å². The number of nitrogens with zero attached hydrogens (tertiary/aromatic N) is 1. The van der Waals surface area contributed by atoms with E-state index < -0.39 is 30.5 Å². The van der Waals surface area contributed by atoms with Crippen LogP contribution in [0.1, 0.15) is 32.6 Å². The lowest BCUT2D eigenvalue weighted by molar-refractivity contribution is 0.128. The third-order valence-corrected chi connectivity index (χ3v) is 8.02. The van der Waals surface area contributed by atoms with E-state index in [9.17, 15) is 16.8 Å². The second kappa shape index (κ2) is 5.67. The van der Waals surface area contributed by atoms with Gasteiger partial charge in [0.05, 0.1) is 0 Å². The molecule has 0 spiro atoms. The minimum atomic E-state index is -3.85. The second-order valence-corrected chi connectivity index (χ2v) is 10.3. The van der Waals surface area contributed by atoms with E-state index in [1.165, 1.54) is 11.4 Å². The highest BCUT2D eigenvalue weighted by Gasteiger charge is 2.43. The predicted molar refractivity (Wildman–Crippen MR) is 75.8 cm³/mol. The Balaban J connectivity index is 3.05. The molecule has 1 aliphatic carbocycles. The van der Waals surface area contributed by atoms with Crippen LogP contribution in [-0.4, -0.2) is 51.6 Å². The fourth-order valence-corrected chi connectivity index (χ4v) is 6.50. The molecular weight excluding hydrogens is 288 g/mol. The van der Waals surface area contributed by atoms with Crippen LogP contribution in [0.4, 0.5) is 0 Å². The Morgan fingerprint density at radius 1 is 1.32 bits per heavy atom. The number of nitrogens with two attached hydrogens (primary N) is 1. The minimum absolute atomic E-state index is 0.219. The van der Waals surface area contributed by atoms with Crippen molar-refractivity contribution in [2.24, 2.45) is 11.7 Å². The summed E-state index contributed by atoms with van der Waals surface area (Å²) >= 11 is 0. The van der Waals surface area contributed by atoms with Crippen molar-refractivity contribution in [3.8, 4) is 0 Å². The summed E-state index contributed by atoms with van der Waals surface area (Å²) in [6.07, 6.45) is 4.27. The molecular formula is C11H24N2O4S2. The van der Waals surface area contributed by atoms with Crippen molar-refractivity contribution in [1.29, 1.82) is 0 Å². The average Bonchev–Trinajstić information content (AvgIpc) is 2.24. The molecule has 0 aromatic rings. The van der Waals surface area contributed by atoms with E-state index in [1.807, 2.05) is 0 Å². The van der Waals surface area contributed by atoms with E-state index in [-0.39, 0.29) is 6.54 Å². The highest BCUT2D eigenvalue weighted by atomic mass is 32.3. The van der Waals surface area contributed by atoms with Crippen LogP contribution in [0.5, 0.6) is 0 Å². The van der Waals surface area contributed by atoms with Crippen molar-refractivity contribution >= 4 is 19.9 Å². The molecule has 1 saturated carbocycles. The molecule has 8 heteroatoms. The summed E-state index contributed by atoms with van der Waals surface area (Å²) in [5.74, 6) is 0.396. The van der Waals surface area contributed by atoms with Crippen LogP contribution in [0.3, 0.4) is 0 Å². The molecule has 0 radical (unpaired) electrons. The smallest absolute Gasteiger partial charge is 0.228 e. The Morgan fingerprint density at radius 3 is 2.32 bits per heavy atom. The molecule has 2 unspecified atom stereocenters. The third kappa shape index (κ3) is 4.14. The van der Waals surface area contributed by atoms with Crippen molar-refractivity contribution in [1.82, 2.24) is 4.31 Å². The summed E-state index contributed by atoms with van der Waals surface area (Å²) < 4.78 is 48.1. The van der Waals surface area contributed by atoms with Gasteiger partial charge in [0, 0.05) is 25.4 Å². The van der Waals surface area contributed by atoms with Gasteiger partial charge >= 0.3 is 0 Å². The Labute approximate surface area is 116 Å². The monoisotopic (exact) mass is 312 g/mol. The van der Waals surface area contributed by atoms with Crippen LogP contribution in [0.2, 0.25) is 0 Å². The molecule has 1 aliphatic rings. The van der Waals surface area contributed by atoms with Gasteiger partial charge < -0.3 is 5.73 Å². The van der Waals surface area contributed by atoms with Crippen molar-refractivity contribution in [3.63, 3.8) is 0 Å². The van der Waals surface area contributed by atoms with Gasteiger partial charge in [-0.2, -0.15) is 4.31 Å². The topological polar surface area (TPSA) is 97.5 Å². The summed E-state index contributed by atoms with van der Waals surface area (Å²) in [4.78, 5) is 0. The van der Waals surface area contributed by atoms with Gasteiger partial charge in [0.2, 0.25) is 10.0 Å². The largest absolute Gasteiger partial charge is 0.329 e. The molecule has 0 aromatic heterocycles. The highest BCUT2D eigenvalue weighted by Crippen LogP contribution is 2.37. The Morgan fingerprint density at radius 2 is 1.89 bits per heavy atom. The van der Waals surface area contributed by atoms with Gasteiger partial charge in [0.15, 0.2) is 14.9 Å². The Kier molecular flexibility index (Phi) is 5.03. The molecule has 0 amide bonds. The van der Waals surface area contributed by atoms with Crippen LogP contribution in [0.25, 0.3) is 0 Å². The zero-order valence-electron chi connectivity index (χ0n) is 11.8. The number of sulfone groups is 1. The first-order valence-electron chi connectivity index (χ1n) is 6.37.